The third-order valence-corrected chi connectivity index (χ3v) is 7.62. The van der Waals surface area contributed by atoms with Gasteiger partial charge in [-0.2, -0.15) is 0 Å². The molecule has 1 aliphatic heterocycles. The van der Waals surface area contributed by atoms with Gasteiger partial charge in [0.15, 0.2) is 15.3 Å². The van der Waals surface area contributed by atoms with E-state index in [9.17, 15) is 13.6 Å². The van der Waals surface area contributed by atoms with Crippen molar-refractivity contribution in [3.63, 3.8) is 0 Å². The Morgan fingerprint density at radius 1 is 0.938 bits per heavy atom. The van der Waals surface area contributed by atoms with Crippen molar-refractivity contribution in [2.24, 2.45) is 0 Å². The first-order valence-electron chi connectivity index (χ1n) is 10.5. The van der Waals surface area contributed by atoms with E-state index in [-0.39, 0.29) is 23.9 Å². The molecule has 1 saturated heterocycles. The highest BCUT2D eigenvalue weighted by molar-refractivity contribution is 7.95. The first kappa shape index (κ1) is 22.2. The Kier molecular flexibility index (Phi) is 6.41. The normalized spacial score (nSPS) is 16.4. The number of aryl methyl sites for hydroxylation is 1. The van der Waals surface area contributed by atoms with E-state index in [1.54, 1.807) is 42.3 Å². The van der Waals surface area contributed by atoms with Crippen molar-refractivity contribution < 1.29 is 18.3 Å². The molecule has 7 heteroatoms. The second-order valence-corrected chi connectivity index (χ2v) is 9.73. The van der Waals surface area contributed by atoms with E-state index < -0.39 is 10.4 Å². The SMILES string of the molecule is COc1ccccc1-c1cccc(C(=O)N2CCN([S+](=O)([O-])c3ccc(C)cc3)CC2)c1. The molecule has 0 saturated carbocycles. The van der Waals surface area contributed by atoms with Crippen LogP contribution in [-0.2, 0) is 14.6 Å². The average Bonchev–Trinajstić information content (AvgIpc) is 2.84. The van der Waals surface area contributed by atoms with Crippen molar-refractivity contribution in [1.82, 2.24) is 9.21 Å². The highest BCUT2D eigenvalue weighted by Gasteiger charge is 2.34. The Bertz CT molecular complexity index is 1150. The fourth-order valence-corrected chi connectivity index (χ4v) is 5.30. The predicted octanol–water partition coefficient (Wildman–Crippen LogP) is 4.03. The van der Waals surface area contributed by atoms with Gasteiger partial charge >= 0.3 is 0 Å². The Morgan fingerprint density at radius 3 is 2.31 bits per heavy atom. The number of carbonyl (C=O) groups is 1. The third-order valence-electron chi connectivity index (χ3n) is 5.71. The molecule has 1 heterocycles. The van der Waals surface area contributed by atoms with Gasteiger partial charge in [0.05, 0.1) is 20.2 Å². The number of sulfonamides is 1. The average molecular weight is 451 g/mol. The number of hydrogen-bond donors (Lipinski definition) is 0. The van der Waals surface area contributed by atoms with Crippen LogP contribution in [0.4, 0.5) is 0 Å². The summed E-state index contributed by atoms with van der Waals surface area (Å²) in [6, 6.07) is 22.0. The van der Waals surface area contributed by atoms with Crippen LogP contribution in [0.2, 0.25) is 0 Å². The molecule has 32 heavy (non-hydrogen) atoms. The van der Waals surface area contributed by atoms with Crippen molar-refractivity contribution in [2.75, 3.05) is 33.3 Å². The Labute approximate surface area is 189 Å². The summed E-state index contributed by atoms with van der Waals surface area (Å²) in [5.41, 5.74) is 3.39. The molecular weight excluding hydrogens is 424 g/mol. The number of methoxy groups -OCH3 is 1. The van der Waals surface area contributed by atoms with Crippen LogP contribution < -0.4 is 4.74 Å². The second kappa shape index (κ2) is 9.24. The molecule has 1 unspecified atom stereocenters. The molecule has 1 aliphatic rings. The van der Waals surface area contributed by atoms with Crippen LogP contribution in [0.15, 0.2) is 77.7 Å². The van der Waals surface area contributed by atoms with Gasteiger partial charge in [-0.1, -0.05) is 52.2 Å². The first-order chi connectivity index (χ1) is 15.4. The molecule has 0 aliphatic carbocycles. The first-order valence-corrected chi connectivity index (χ1v) is 11.9. The topological polar surface area (TPSA) is 72.9 Å². The van der Waals surface area contributed by atoms with E-state index >= 15 is 0 Å². The van der Waals surface area contributed by atoms with Crippen LogP contribution in [0, 0.1) is 6.92 Å². The van der Waals surface area contributed by atoms with Crippen LogP contribution >= 0.6 is 0 Å². The van der Waals surface area contributed by atoms with Crippen molar-refractivity contribution in [1.29, 1.82) is 0 Å². The standard InChI is InChI=1S/C25H26N2O4S/c1-19-10-12-22(13-11-19)32(29,30)27-16-14-26(15-17-27)25(28)21-7-5-6-20(18-21)23-8-3-4-9-24(23)31-2/h3-13,18H,14-17H2,1-2H3. The minimum Gasteiger partial charge on any atom is -0.593 e. The molecule has 1 atom stereocenters. The molecule has 0 radical (unpaired) electrons. The molecular formula is C25H26N2O4S. The molecule has 0 spiro atoms. The summed E-state index contributed by atoms with van der Waals surface area (Å²) in [7, 11) is -1.94. The quantitative estimate of drug-likeness (QED) is 0.550. The number of carbonyl (C=O) groups excluding carboxylic acids is 1. The molecule has 0 aromatic heterocycles. The Hall–Kier alpha value is -3.00. The van der Waals surface area contributed by atoms with Gasteiger partial charge in [0, 0.05) is 24.2 Å². The molecule has 1 fully saturated rings. The minimum atomic E-state index is -3.56. The lowest BCUT2D eigenvalue weighted by atomic mass is 10.0. The molecule has 0 N–H and O–H groups in total. The summed E-state index contributed by atoms with van der Waals surface area (Å²) in [6.07, 6.45) is 0. The molecule has 3 aromatic rings. The molecule has 6 nitrogen and oxygen atoms in total. The molecule has 0 bridgehead atoms. The summed E-state index contributed by atoms with van der Waals surface area (Å²) in [6.45, 7) is 3.16. The summed E-state index contributed by atoms with van der Waals surface area (Å²) in [4.78, 5) is 15.1. The highest BCUT2D eigenvalue weighted by atomic mass is 32.3. The van der Waals surface area contributed by atoms with Crippen LogP contribution in [0.25, 0.3) is 11.1 Å². The Morgan fingerprint density at radius 2 is 1.62 bits per heavy atom. The Balaban J connectivity index is 1.47. The summed E-state index contributed by atoms with van der Waals surface area (Å²) >= 11 is 0. The minimum absolute atomic E-state index is 0.103. The number of benzene rings is 3. The number of ether oxygens (including phenoxy) is 1. The van der Waals surface area contributed by atoms with Crippen molar-refractivity contribution >= 4 is 16.3 Å². The highest BCUT2D eigenvalue weighted by Crippen LogP contribution is 2.30. The van der Waals surface area contributed by atoms with Gasteiger partial charge in [0.2, 0.25) is 0 Å². The lowest BCUT2D eigenvalue weighted by Gasteiger charge is -2.35. The van der Waals surface area contributed by atoms with Crippen LogP contribution in [-0.4, -0.2) is 53.0 Å². The fraction of sp³-hybridized carbons (Fsp3) is 0.240. The van der Waals surface area contributed by atoms with Crippen molar-refractivity contribution in [3.05, 3.63) is 83.9 Å². The van der Waals surface area contributed by atoms with E-state index in [4.69, 9.17) is 4.74 Å². The van der Waals surface area contributed by atoms with Gasteiger partial charge in [-0.25, -0.2) is 0 Å². The van der Waals surface area contributed by atoms with Crippen LogP contribution in [0.1, 0.15) is 15.9 Å². The zero-order valence-corrected chi connectivity index (χ0v) is 19.0. The van der Waals surface area contributed by atoms with E-state index in [0.29, 0.717) is 18.7 Å². The maximum absolute atomic E-state index is 13.1. The molecule has 3 aromatic carbocycles. The monoisotopic (exact) mass is 450 g/mol. The number of para-hydroxylation sites is 1. The van der Waals surface area contributed by atoms with Gasteiger partial charge in [-0.15, -0.1) is 4.31 Å². The summed E-state index contributed by atoms with van der Waals surface area (Å²) < 4.78 is 32.7. The van der Waals surface area contributed by atoms with Crippen molar-refractivity contribution in [3.8, 4) is 16.9 Å². The van der Waals surface area contributed by atoms with Gasteiger partial charge < -0.3 is 14.2 Å². The molecule has 4 rings (SSSR count). The lowest BCUT2D eigenvalue weighted by Crippen LogP contribution is -2.52. The van der Waals surface area contributed by atoms with Gasteiger partial charge in [-0.3, -0.25) is 4.79 Å². The molecule has 1 amide bonds. The van der Waals surface area contributed by atoms with Gasteiger partial charge in [-0.05, 0) is 42.8 Å². The number of nitrogens with zero attached hydrogens (tertiary/aromatic N) is 2. The summed E-state index contributed by atoms with van der Waals surface area (Å²) in [5, 5.41) is 0. The lowest BCUT2D eigenvalue weighted by molar-refractivity contribution is 0.0693. The largest absolute Gasteiger partial charge is 0.593 e. The fourth-order valence-electron chi connectivity index (χ4n) is 3.88. The third kappa shape index (κ3) is 4.46. The van der Waals surface area contributed by atoms with Gasteiger partial charge in [0.25, 0.3) is 5.91 Å². The zero-order valence-electron chi connectivity index (χ0n) is 18.2. The maximum atomic E-state index is 13.1. The number of amides is 1. The van der Waals surface area contributed by atoms with Crippen molar-refractivity contribution in [2.45, 2.75) is 11.8 Å². The van der Waals surface area contributed by atoms with Gasteiger partial charge in [0.1, 0.15) is 5.75 Å². The van der Waals surface area contributed by atoms with Crippen LogP contribution in [0.3, 0.4) is 0 Å². The summed E-state index contributed by atoms with van der Waals surface area (Å²) in [5.74, 6) is 0.640. The van der Waals surface area contributed by atoms with E-state index in [1.807, 2.05) is 49.4 Å². The van der Waals surface area contributed by atoms with E-state index in [0.717, 1.165) is 22.4 Å². The number of rotatable bonds is 5. The molecule has 166 valence electrons. The number of piperazine rings is 1. The number of hydrogen-bond acceptors (Lipinski definition) is 4. The zero-order chi connectivity index (χ0) is 22.7. The maximum Gasteiger partial charge on any atom is 0.253 e. The van der Waals surface area contributed by atoms with E-state index in [1.165, 1.54) is 4.31 Å². The predicted molar refractivity (Wildman–Crippen MR) is 124 cm³/mol. The van der Waals surface area contributed by atoms with Crippen LogP contribution in [0.5, 0.6) is 5.75 Å². The second-order valence-electron chi connectivity index (χ2n) is 7.79. The smallest absolute Gasteiger partial charge is 0.253 e. The van der Waals surface area contributed by atoms with E-state index in [2.05, 4.69) is 0 Å².